The Labute approximate surface area is 312 Å². The van der Waals surface area contributed by atoms with Crippen molar-refractivity contribution in [3.05, 3.63) is 0 Å². The van der Waals surface area contributed by atoms with Gasteiger partial charge < -0.3 is 28.4 Å². The van der Waals surface area contributed by atoms with Crippen molar-refractivity contribution in [2.24, 2.45) is 11.8 Å². The maximum Gasteiger partial charge on any atom is 0.384 e. The maximum atomic E-state index is 14.8. The van der Waals surface area contributed by atoms with Crippen LogP contribution in [0.3, 0.4) is 0 Å². The second-order valence-corrected chi connectivity index (χ2v) is 14.0. The average Bonchev–Trinajstić information content (AvgIpc) is 3.13. The summed E-state index contributed by atoms with van der Waals surface area (Å²) in [5, 5.41) is 0. The molecule has 0 heterocycles. The quantitative estimate of drug-likeness (QED) is 0.0373. The highest BCUT2D eigenvalue weighted by molar-refractivity contribution is 5.13. The van der Waals surface area contributed by atoms with Gasteiger partial charge >= 0.3 is 35.5 Å². The van der Waals surface area contributed by atoms with Gasteiger partial charge in [-0.1, -0.05) is 90.9 Å². The lowest BCUT2D eigenvalue weighted by Gasteiger charge is -2.43. The lowest BCUT2D eigenvalue weighted by molar-refractivity contribution is -0.432. The third-order valence-electron chi connectivity index (χ3n) is 10.4. The summed E-state index contributed by atoms with van der Waals surface area (Å²) >= 11 is 0. The first-order valence-electron chi connectivity index (χ1n) is 18.4. The Morgan fingerprint density at radius 1 is 0.315 bits per heavy atom. The van der Waals surface area contributed by atoms with Crippen molar-refractivity contribution in [3.63, 3.8) is 0 Å². The van der Waals surface area contributed by atoms with E-state index in [9.17, 15) is 52.7 Å². The van der Waals surface area contributed by atoms with E-state index in [0.717, 1.165) is 0 Å². The molecule has 0 N–H and O–H groups in total. The molecule has 18 heteroatoms. The van der Waals surface area contributed by atoms with Crippen LogP contribution < -0.4 is 0 Å². The van der Waals surface area contributed by atoms with Crippen LogP contribution in [0.1, 0.15) is 129 Å². The first-order valence-corrected chi connectivity index (χ1v) is 18.4. The molecule has 0 aromatic carbocycles. The van der Waals surface area contributed by atoms with E-state index in [0.29, 0.717) is 90.9 Å². The largest absolute Gasteiger partial charge is 0.384 e. The highest BCUT2D eigenvalue weighted by Gasteiger charge is 2.90. The van der Waals surface area contributed by atoms with Crippen molar-refractivity contribution in [2.45, 2.75) is 177 Å². The molecule has 0 saturated heterocycles. The summed E-state index contributed by atoms with van der Waals surface area (Å²) in [5.74, 6) is -49.0. The van der Waals surface area contributed by atoms with Crippen molar-refractivity contribution in [1.82, 2.24) is 0 Å². The third kappa shape index (κ3) is 12.7. The molecule has 0 aromatic rings. The molecule has 0 rings (SSSR count). The van der Waals surface area contributed by atoms with Gasteiger partial charge in [0.25, 0.3) is 11.9 Å². The van der Waals surface area contributed by atoms with Crippen molar-refractivity contribution >= 4 is 0 Å². The minimum Gasteiger partial charge on any atom is -0.331 e. The van der Waals surface area contributed by atoms with Crippen molar-refractivity contribution in [3.8, 4) is 0 Å². The number of alkyl halides is 12. The van der Waals surface area contributed by atoms with E-state index in [1.807, 2.05) is 0 Å². The number of rotatable bonds is 33. The number of ether oxygens (including phenoxy) is 6. The molecule has 0 aliphatic carbocycles. The van der Waals surface area contributed by atoms with Crippen molar-refractivity contribution < 1.29 is 81.1 Å². The van der Waals surface area contributed by atoms with Gasteiger partial charge in [-0.2, -0.15) is 52.7 Å². The van der Waals surface area contributed by atoms with Crippen LogP contribution in [0.15, 0.2) is 0 Å². The predicted molar refractivity (Wildman–Crippen MR) is 179 cm³/mol. The van der Waals surface area contributed by atoms with Gasteiger partial charge in [0, 0.05) is 67.3 Å². The van der Waals surface area contributed by atoms with Gasteiger partial charge in [-0.3, -0.25) is 0 Å². The van der Waals surface area contributed by atoms with Crippen LogP contribution in [0.2, 0.25) is 0 Å². The molecule has 0 aromatic heterocycles. The Morgan fingerprint density at radius 3 is 0.741 bits per heavy atom. The second kappa shape index (κ2) is 22.8. The minimum atomic E-state index is -7.55. The lowest BCUT2D eigenvalue weighted by Crippen LogP contribution is -2.72. The fourth-order valence-corrected chi connectivity index (χ4v) is 6.26. The molecule has 0 aliphatic heterocycles. The zero-order valence-corrected chi connectivity index (χ0v) is 32.9. The minimum absolute atomic E-state index is 0.193. The van der Waals surface area contributed by atoms with Crippen LogP contribution in [0, 0.1) is 11.8 Å². The number of hydrogen-bond donors (Lipinski definition) is 0. The highest BCUT2D eigenvalue weighted by atomic mass is 19.4. The molecule has 0 radical (unpaired) electrons. The first-order chi connectivity index (χ1) is 24.9. The van der Waals surface area contributed by atoms with Gasteiger partial charge in [0.15, 0.2) is 0 Å². The van der Waals surface area contributed by atoms with Gasteiger partial charge in [0.2, 0.25) is 0 Å². The molecular weight excluding hydrogens is 756 g/mol. The molecule has 6 nitrogen and oxygen atoms in total. The third-order valence-corrected chi connectivity index (χ3v) is 10.4. The molecule has 0 fully saturated rings. The fraction of sp³-hybridized carbons (Fsp3) is 1.00. The fourth-order valence-electron chi connectivity index (χ4n) is 6.26. The summed E-state index contributed by atoms with van der Waals surface area (Å²) in [6, 6.07) is 0. The molecule has 2 atom stereocenters. The number of halogens is 12. The van der Waals surface area contributed by atoms with Gasteiger partial charge in [0.05, 0.1) is 0 Å². The summed E-state index contributed by atoms with van der Waals surface area (Å²) in [4.78, 5) is 0. The summed E-state index contributed by atoms with van der Waals surface area (Å²) < 4.78 is 207. The Kier molecular flexibility index (Phi) is 22.3. The molecule has 0 aliphatic rings. The topological polar surface area (TPSA) is 55.4 Å². The SMILES string of the molecule is COC(CCCCCCCCCC(C)C(F)(F)C(F)(F)C(F)(F)C(F)(F)C(F)(F)C(F)(F)C(C)CCCCCCCCCC(OC)(OC)OC)(OC)OC. The molecule has 2 unspecified atom stereocenters. The van der Waals surface area contributed by atoms with Gasteiger partial charge in [-0.05, 0) is 25.7 Å². The normalized spacial score (nSPS) is 15.6. The molecule has 54 heavy (non-hydrogen) atoms. The smallest absolute Gasteiger partial charge is 0.331 e. The Balaban J connectivity index is 5.14. The van der Waals surface area contributed by atoms with Crippen LogP contribution >= 0.6 is 0 Å². The maximum absolute atomic E-state index is 14.8. The summed E-state index contributed by atoms with van der Waals surface area (Å²) in [7, 11) is 8.44. The first kappa shape index (κ1) is 52.9. The molecule has 0 saturated carbocycles. The van der Waals surface area contributed by atoms with E-state index in [2.05, 4.69) is 0 Å². The van der Waals surface area contributed by atoms with Gasteiger partial charge in [-0.25, -0.2) is 0 Å². The van der Waals surface area contributed by atoms with Gasteiger partial charge in [0.1, 0.15) is 0 Å². The second-order valence-electron chi connectivity index (χ2n) is 14.0. The van der Waals surface area contributed by atoms with Gasteiger partial charge in [-0.15, -0.1) is 0 Å². The number of hydrogen-bond acceptors (Lipinski definition) is 6. The zero-order valence-electron chi connectivity index (χ0n) is 32.9. The van der Waals surface area contributed by atoms with E-state index in [1.54, 1.807) is 0 Å². The van der Waals surface area contributed by atoms with E-state index in [4.69, 9.17) is 28.4 Å². The van der Waals surface area contributed by atoms with Crippen LogP contribution in [0.5, 0.6) is 0 Å². The number of unbranched alkanes of at least 4 members (excludes halogenated alkanes) is 12. The summed E-state index contributed by atoms with van der Waals surface area (Å²) in [5.41, 5.74) is 0. The molecule has 326 valence electrons. The predicted octanol–water partition coefficient (Wildman–Crippen LogP) is 12.3. The standard InChI is InChI=1S/C36H62F12O6/c1-27(23-19-15-11-9-13-17-21-25-29(49-3,50-4)51-5)31(37,38)33(41,42)35(45,46)36(47,48)34(43,44)32(39,40)28(2)24-20-16-12-10-14-18-22-26-30(52-6,53-7)54-8/h27-28H,9-26H2,1-8H3. The monoisotopic (exact) mass is 818 g/mol. The summed E-state index contributed by atoms with van der Waals surface area (Å²) in [6.45, 7) is 0.776. The van der Waals surface area contributed by atoms with Crippen molar-refractivity contribution in [2.75, 3.05) is 42.7 Å². The Hall–Kier alpha value is -1.08. The van der Waals surface area contributed by atoms with E-state index in [1.165, 1.54) is 42.7 Å². The van der Waals surface area contributed by atoms with Crippen LogP contribution in [-0.2, 0) is 28.4 Å². The van der Waals surface area contributed by atoms with Crippen LogP contribution in [-0.4, -0.2) is 90.1 Å². The van der Waals surface area contributed by atoms with E-state index in [-0.39, 0.29) is 25.7 Å². The molecule has 0 bridgehead atoms. The highest BCUT2D eigenvalue weighted by Crippen LogP contribution is 2.62. The molecule has 0 spiro atoms. The Bertz CT molecular complexity index is 916. The Morgan fingerprint density at radius 2 is 0.519 bits per heavy atom. The zero-order chi connectivity index (χ0) is 42.1. The molecular formula is C36H62F12O6. The van der Waals surface area contributed by atoms with E-state index < -0.39 is 72.2 Å². The average molecular weight is 819 g/mol. The van der Waals surface area contributed by atoms with Crippen molar-refractivity contribution in [1.29, 1.82) is 0 Å². The molecule has 0 amide bonds. The summed E-state index contributed by atoms with van der Waals surface area (Å²) in [6.07, 6.45) is 5.22. The number of methoxy groups -OCH3 is 6. The van der Waals surface area contributed by atoms with Crippen LogP contribution in [0.4, 0.5) is 52.7 Å². The lowest BCUT2D eigenvalue weighted by atomic mass is 9.82. The van der Waals surface area contributed by atoms with E-state index >= 15 is 0 Å². The van der Waals surface area contributed by atoms with Crippen LogP contribution in [0.25, 0.3) is 0 Å².